The summed E-state index contributed by atoms with van der Waals surface area (Å²) in [4.78, 5) is 16.6. The molecule has 1 aromatic carbocycles. The molecule has 2 heterocycles. The van der Waals surface area contributed by atoms with Crippen LogP contribution in [0.5, 0.6) is 11.6 Å². The number of rotatable bonds is 5. The standard InChI is InChI=1S/C18H22N4O3/c1-3-25-17-9-8-14(19-20-17)18(23)22-12-10-21(11-13-22)15-6-4-5-7-16(15)24-2/h4-9H,3,10-13H2,1-2H3. The lowest BCUT2D eigenvalue weighted by atomic mass is 10.2. The Morgan fingerprint density at radius 2 is 1.84 bits per heavy atom. The summed E-state index contributed by atoms with van der Waals surface area (Å²) in [7, 11) is 1.67. The fourth-order valence-electron chi connectivity index (χ4n) is 2.86. The van der Waals surface area contributed by atoms with Gasteiger partial charge in [-0.2, -0.15) is 0 Å². The molecule has 0 radical (unpaired) electrons. The molecule has 7 nitrogen and oxygen atoms in total. The van der Waals surface area contributed by atoms with Crippen molar-refractivity contribution in [3.05, 3.63) is 42.1 Å². The Balaban J connectivity index is 1.62. The minimum absolute atomic E-state index is 0.102. The second-order valence-electron chi connectivity index (χ2n) is 5.64. The summed E-state index contributed by atoms with van der Waals surface area (Å²) in [5.74, 6) is 1.18. The number of ether oxygens (including phenoxy) is 2. The molecule has 1 aliphatic rings. The number of piperazine rings is 1. The predicted molar refractivity (Wildman–Crippen MR) is 94.3 cm³/mol. The molecule has 0 unspecified atom stereocenters. The van der Waals surface area contributed by atoms with Gasteiger partial charge in [-0.15, -0.1) is 10.2 Å². The summed E-state index contributed by atoms with van der Waals surface area (Å²) in [6.07, 6.45) is 0. The van der Waals surface area contributed by atoms with E-state index < -0.39 is 0 Å². The molecule has 0 atom stereocenters. The number of para-hydroxylation sites is 2. The van der Waals surface area contributed by atoms with Crippen molar-refractivity contribution in [3.63, 3.8) is 0 Å². The van der Waals surface area contributed by atoms with Crippen LogP contribution >= 0.6 is 0 Å². The maximum Gasteiger partial charge on any atom is 0.274 e. The number of methoxy groups -OCH3 is 1. The summed E-state index contributed by atoms with van der Waals surface area (Å²) in [5.41, 5.74) is 1.40. The third-order valence-electron chi connectivity index (χ3n) is 4.14. The van der Waals surface area contributed by atoms with Crippen LogP contribution in [0.1, 0.15) is 17.4 Å². The maximum atomic E-state index is 12.6. The lowest BCUT2D eigenvalue weighted by Gasteiger charge is -2.36. The number of hydrogen-bond donors (Lipinski definition) is 0. The first-order chi connectivity index (χ1) is 12.2. The average Bonchev–Trinajstić information content (AvgIpc) is 2.68. The summed E-state index contributed by atoms with van der Waals surface area (Å²) < 4.78 is 10.7. The third kappa shape index (κ3) is 3.81. The van der Waals surface area contributed by atoms with Crippen molar-refractivity contribution in [2.75, 3.05) is 44.8 Å². The van der Waals surface area contributed by atoms with Crippen LogP contribution in [0.15, 0.2) is 36.4 Å². The number of anilines is 1. The lowest BCUT2D eigenvalue weighted by Crippen LogP contribution is -2.49. The van der Waals surface area contributed by atoms with E-state index in [2.05, 4.69) is 15.1 Å². The molecule has 0 N–H and O–H groups in total. The zero-order chi connectivity index (χ0) is 17.6. The van der Waals surface area contributed by atoms with E-state index in [1.165, 1.54) is 0 Å². The van der Waals surface area contributed by atoms with Gasteiger partial charge < -0.3 is 19.3 Å². The molecule has 3 rings (SSSR count). The van der Waals surface area contributed by atoms with Crippen LogP contribution in [-0.2, 0) is 0 Å². The Labute approximate surface area is 147 Å². The number of nitrogens with zero attached hydrogens (tertiary/aromatic N) is 4. The SMILES string of the molecule is CCOc1ccc(C(=O)N2CCN(c3ccccc3OC)CC2)nn1. The van der Waals surface area contributed by atoms with E-state index in [4.69, 9.17) is 9.47 Å². The van der Waals surface area contributed by atoms with E-state index in [9.17, 15) is 4.79 Å². The largest absolute Gasteiger partial charge is 0.495 e. The molecule has 7 heteroatoms. The Hall–Kier alpha value is -2.83. The van der Waals surface area contributed by atoms with Crippen molar-refractivity contribution in [1.82, 2.24) is 15.1 Å². The van der Waals surface area contributed by atoms with Crippen LogP contribution in [0.3, 0.4) is 0 Å². The molecule has 1 fully saturated rings. The summed E-state index contributed by atoms with van der Waals surface area (Å²) in [6.45, 7) is 5.15. The number of hydrogen-bond acceptors (Lipinski definition) is 6. The van der Waals surface area contributed by atoms with Crippen LogP contribution in [-0.4, -0.2) is 60.9 Å². The van der Waals surface area contributed by atoms with Gasteiger partial charge in [-0.25, -0.2) is 0 Å². The lowest BCUT2D eigenvalue weighted by molar-refractivity contribution is 0.0739. The van der Waals surface area contributed by atoms with Gasteiger partial charge in [0.2, 0.25) is 5.88 Å². The molecule has 132 valence electrons. The van der Waals surface area contributed by atoms with Crippen molar-refractivity contribution in [3.8, 4) is 11.6 Å². The fraction of sp³-hybridized carbons (Fsp3) is 0.389. The third-order valence-corrected chi connectivity index (χ3v) is 4.14. The van der Waals surface area contributed by atoms with Gasteiger partial charge in [0.1, 0.15) is 5.75 Å². The highest BCUT2D eigenvalue weighted by Gasteiger charge is 2.24. The number of carbonyl (C=O) groups is 1. The predicted octanol–water partition coefficient (Wildman–Crippen LogP) is 1.85. The molecular formula is C18H22N4O3. The normalized spacial score (nSPS) is 14.3. The molecule has 1 saturated heterocycles. The molecule has 0 aliphatic carbocycles. The second kappa shape index (κ2) is 7.83. The van der Waals surface area contributed by atoms with Gasteiger partial charge in [0.05, 0.1) is 19.4 Å². The topological polar surface area (TPSA) is 67.8 Å². The van der Waals surface area contributed by atoms with Crippen LogP contribution in [0.2, 0.25) is 0 Å². The van der Waals surface area contributed by atoms with Gasteiger partial charge in [-0.05, 0) is 25.1 Å². The highest BCUT2D eigenvalue weighted by atomic mass is 16.5. The molecule has 0 spiro atoms. The molecule has 1 amide bonds. The van der Waals surface area contributed by atoms with Crippen molar-refractivity contribution in [1.29, 1.82) is 0 Å². The zero-order valence-corrected chi connectivity index (χ0v) is 14.5. The Bertz CT molecular complexity index is 713. The maximum absolute atomic E-state index is 12.6. The number of benzene rings is 1. The minimum atomic E-state index is -0.102. The summed E-state index contributed by atoms with van der Waals surface area (Å²) in [5, 5.41) is 7.90. The molecule has 0 saturated carbocycles. The van der Waals surface area contributed by atoms with E-state index >= 15 is 0 Å². The van der Waals surface area contributed by atoms with Crippen LogP contribution in [0, 0.1) is 0 Å². The number of amides is 1. The average molecular weight is 342 g/mol. The second-order valence-corrected chi connectivity index (χ2v) is 5.64. The van der Waals surface area contributed by atoms with E-state index in [0.29, 0.717) is 31.3 Å². The van der Waals surface area contributed by atoms with E-state index in [0.717, 1.165) is 24.5 Å². The molecule has 1 aliphatic heterocycles. The van der Waals surface area contributed by atoms with Gasteiger partial charge in [-0.3, -0.25) is 4.79 Å². The Kier molecular flexibility index (Phi) is 5.33. The van der Waals surface area contributed by atoms with Crippen molar-refractivity contribution >= 4 is 11.6 Å². The molecule has 1 aromatic heterocycles. The van der Waals surface area contributed by atoms with Crippen molar-refractivity contribution in [2.45, 2.75) is 6.92 Å². The van der Waals surface area contributed by atoms with Crippen molar-refractivity contribution in [2.24, 2.45) is 0 Å². The van der Waals surface area contributed by atoms with Gasteiger partial charge in [0, 0.05) is 32.2 Å². The molecule has 2 aromatic rings. The highest BCUT2D eigenvalue weighted by molar-refractivity contribution is 5.92. The molecule has 0 bridgehead atoms. The van der Waals surface area contributed by atoms with Crippen LogP contribution in [0.4, 0.5) is 5.69 Å². The van der Waals surface area contributed by atoms with Gasteiger partial charge >= 0.3 is 0 Å². The van der Waals surface area contributed by atoms with Crippen LogP contribution < -0.4 is 14.4 Å². The molecular weight excluding hydrogens is 320 g/mol. The smallest absolute Gasteiger partial charge is 0.274 e. The van der Waals surface area contributed by atoms with E-state index in [1.54, 1.807) is 24.1 Å². The quantitative estimate of drug-likeness (QED) is 0.826. The monoisotopic (exact) mass is 342 g/mol. The van der Waals surface area contributed by atoms with E-state index in [1.807, 2.05) is 31.2 Å². The Morgan fingerprint density at radius 3 is 2.48 bits per heavy atom. The van der Waals surface area contributed by atoms with Gasteiger partial charge in [0.25, 0.3) is 5.91 Å². The highest BCUT2D eigenvalue weighted by Crippen LogP contribution is 2.28. The van der Waals surface area contributed by atoms with Crippen molar-refractivity contribution < 1.29 is 14.3 Å². The van der Waals surface area contributed by atoms with E-state index in [-0.39, 0.29) is 5.91 Å². The van der Waals surface area contributed by atoms with Gasteiger partial charge in [-0.1, -0.05) is 12.1 Å². The Morgan fingerprint density at radius 1 is 1.08 bits per heavy atom. The summed E-state index contributed by atoms with van der Waals surface area (Å²) >= 11 is 0. The number of aromatic nitrogens is 2. The first-order valence-corrected chi connectivity index (χ1v) is 8.36. The zero-order valence-electron chi connectivity index (χ0n) is 14.5. The first kappa shape index (κ1) is 17.0. The minimum Gasteiger partial charge on any atom is -0.495 e. The number of carbonyl (C=O) groups excluding carboxylic acids is 1. The first-order valence-electron chi connectivity index (χ1n) is 8.36. The van der Waals surface area contributed by atoms with Crippen LogP contribution in [0.25, 0.3) is 0 Å². The summed E-state index contributed by atoms with van der Waals surface area (Å²) in [6, 6.07) is 11.3. The molecule has 25 heavy (non-hydrogen) atoms. The van der Waals surface area contributed by atoms with Gasteiger partial charge in [0.15, 0.2) is 5.69 Å². The fourth-order valence-corrected chi connectivity index (χ4v) is 2.86.